The Labute approximate surface area is 141 Å². The van der Waals surface area contributed by atoms with Crippen molar-refractivity contribution in [2.75, 3.05) is 26.7 Å². The molecule has 6 heteroatoms. The van der Waals surface area contributed by atoms with Crippen molar-refractivity contribution < 1.29 is 14.0 Å². The Bertz CT molecular complexity index is 609. The van der Waals surface area contributed by atoms with Gasteiger partial charge in [0, 0.05) is 31.6 Å². The Morgan fingerprint density at radius 3 is 2.50 bits per heavy atom. The van der Waals surface area contributed by atoms with E-state index in [0.717, 1.165) is 24.8 Å². The average Bonchev–Trinajstić information content (AvgIpc) is 2.90. The predicted octanol–water partition coefficient (Wildman–Crippen LogP) is 1.53. The first-order chi connectivity index (χ1) is 11.5. The number of piperidine rings is 1. The maximum atomic E-state index is 12.9. The van der Waals surface area contributed by atoms with Crippen LogP contribution in [0.4, 0.5) is 4.39 Å². The van der Waals surface area contributed by atoms with E-state index in [1.807, 2.05) is 16.8 Å². The zero-order valence-electron chi connectivity index (χ0n) is 14.1. The number of likely N-dealkylation sites (N-methyl/N-ethyl adjacent to an activating group) is 1. The van der Waals surface area contributed by atoms with Crippen LogP contribution in [0, 0.1) is 5.82 Å². The van der Waals surface area contributed by atoms with Gasteiger partial charge in [0.1, 0.15) is 5.82 Å². The van der Waals surface area contributed by atoms with Crippen molar-refractivity contribution in [3.8, 4) is 0 Å². The number of hydrogen-bond donors (Lipinski definition) is 1. The van der Waals surface area contributed by atoms with E-state index in [9.17, 15) is 14.0 Å². The van der Waals surface area contributed by atoms with Crippen molar-refractivity contribution in [2.45, 2.75) is 37.8 Å². The van der Waals surface area contributed by atoms with Gasteiger partial charge in [0.15, 0.2) is 0 Å². The Hall–Kier alpha value is -1.95. The molecule has 2 heterocycles. The number of nitrogens with one attached hydrogen (secondary N) is 1. The molecule has 1 aromatic rings. The number of carbonyl (C=O) groups is 2. The topological polar surface area (TPSA) is 52.7 Å². The van der Waals surface area contributed by atoms with E-state index < -0.39 is 0 Å². The van der Waals surface area contributed by atoms with E-state index in [-0.39, 0.29) is 23.2 Å². The van der Waals surface area contributed by atoms with Gasteiger partial charge in [-0.3, -0.25) is 14.5 Å². The van der Waals surface area contributed by atoms with Crippen LogP contribution in [0.2, 0.25) is 0 Å². The number of hydrogen-bond acceptors (Lipinski definition) is 3. The molecule has 0 atom stereocenters. The minimum Gasteiger partial charge on any atom is -0.351 e. The summed E-state index contributed by atoms with van der Waals surface area (Å²) in [5.74, 6) is -0.00804. The van der Waals surface area contributed by atoms with Crippen LogP contribution in [0.5, 0.6) is 0 Å². The molecular formula is C18H24FN3O2. The summed E-state index contributed by atoms with van der Waals surface area (Å²) in [6, 6.07) is 6.35. The molecule has 24 heavy (non-hydrogen) atoms. The highest BCUT2D eigenvalue weighted by Crippen LogP contribution is 2.31. The summed E-state index contributed by atoms with van der Waals surface area (Å²) in [6.45, 7) is 2.35. The molecule has 0 radical (unpaired) electrons. The smallest absolute Gasteiger partial charge is 0.236 e. The Kier molecular flexibility index (Phi) is 4.85. The van der Waals surface area contributed by atoms with Gasteiger partial charge in [0.25, 0.3) is 0 Å². The molecule has 0 aromatic heterocycles. The van der Waals surface area contributed by atoms with Gasteiger partial charge < -0.3 is 10.2 Å². The molecule has 2 saturated heterocycles. The minimum atomic E-state index is -0.251. The number of halogens is 1. The molecule has 1 aromatic carbocycles. The fraction of sp³-hybridized carbons (Fsp3) is 0.556. The molecule has 2 aliphatic heterocycles. The zero-order chi connectivity index (χ0) is 17.2. The van der Waals surface area contributed by atoms with Crippen LogP contribution in [0.25, 0.3) is 0 Å². The number of carbonyl (C=O) groups excluding carboxylic acids is 2. The van der Waals surface area contributed by atoms with Crippen LogP contribution in [-0.4, -0.2) is 53.8 Å². The van der Waals surface area contributed by atoms with Gasteiger partial charge in [-0.2, -0.15) is 0 Å². The lowest BCUT2D eigenvalue weighted by molar-refractivity contribution is -0.133. The summed E-state index contributed by atoms with van der Waals surface area (Å²) in [5.41, 5.74) is 0.909. The molecule has 2 amide bonds. The maximum absolute atomic E-state index is 12.9. The lowest BCUT2D eigenvalue weighted by Crippen LogP contribution is -2.53. The molecule has 0 saturated carbocycles. The monoisotopic (exact) mass is 333 g/mol. The summed E-state index contributed by atoms with van der Waals surface area (Å²) in [6.07, 6.45) is 3.17. The summed E-state index contributed by atoms with van der Waals surface area (Å²) in [5, 5.41) is 3.09. The molecular weight excluding hydrogens is 309 g/mol. The van der Waals surface area contributed by atoms with Crippen LogP contribution < -0.4 is 5.32 Å². The van der Waals surface area contributed by atoms with Crippen LogP contribution in [0.3, 0.4) is 0 Å². The second-order valence-corrected chi connectivity index (χ2v) is 7.01. The highest BCUT2D eigenvalue weighted by molar-refractivity contribution is 5.80. The second kappa shape index (κ2) is 6.89. The van der Waals surface area contributed by atoms with Crippen LogP contribution in [0.1, 0.15) is 31.2 Å². The quantitative estimate of drug-likeness (QED) is 0.909. The van der Waals surface area contributed by atoms with Gasteiger partial charge in [-0.1, -0.05) is 12.1 Å². The molecule has 0 aliphatic carbocycles. The molecule has 0 bridgehead atoms. The first-order valence-corrected chi connectivity index (χ1v) is 8.48. The SMILES string of the molecule is CN(CC(=O)N1CCC2(CCC(=O)N2)CC1)Cc1ccc(F)cc1. The fourth-order valence-corrected chi connectivity index (χ4v) is 3.62. The summed E-state index contributed by atoms with van der Waals surface area (Å²) >= 11 is 0. The number of likely N-dealkylation sites (tertiary alicyclic amines) is 1. The molecule has 130 valence electrons. The van der Waals surface area contributed by atoms with Gasteiger partial charge in [-0.25, -0.2) is 4.39 Å². The van der Waals surface area contributed by atoms with E-state index in [4.69, 9.17) is 0 Å². The number of amides is 2. The largest absolute Gasteiger partial charge is 0.351 e. The molecule has 2 aliphatic rings. The normalized spacial score (nSPS) is 19.8. The highest BCUT2D eigenvalue weighted by atomic mass is 19.1. The second-order valence-electron chi connectivity index (χ2n) is 7.01. The van der Waals surface area contributed by atoms with Crippen molar-refractivity contribution in [2.24, 2.45) is 0 Å². The maximum Gasteiger partial charge on any atom is 0.236 e. The Balaban J connectivity index is 1.47. The van der Waals surface area contributed by atoms with Gasteiger partial charge in [-0.05, 0) is 44.0 Å². The molecule has 1 spiro atoms. The average molecular weight is 333 g/mol. The molecule has 0 unspecified atom stereocenters. The van der Waals surface area contributed by atoms with E-state index in [1.165, 1.54) is 12.1 Å². The first kappa shape index (κ1) is 16.9. The lowest BCUT2D eigenvalue weighted by Gasteiger charge is -2.39. The van der Waals surface area contributed by atoms with E-state index in [0.29, 0.717) is 32.6 Å². The molecule has 2 fully saturated rings. The number of rotatable bonds is 4. The van der Waals surface area contributed by atoms with E-state index >= 15 is 0 Å². The van der Waals surface area contributed by atoms with Crippen molar-refractivity contribution in [3.63, 3.8) is 0 Å². The van der Waals surface area contributed by atoms with Gasteiger partial charge >= 0.3 is 0 Å². The molecule has 5 nitrogen and oxygen atoms in total. The number of benzene rings is 1. The lowest BCUT2D eigenvalue weighted by atomic mass is 9.86. The third-order valence-electron chi connectivity index (χ3n) is 5.08. The van der Waals surface area contributed by atoms with Crippen LogP contribution >= 0.6 is 0 Å². The summed E-state index contributed by atoms with van der Waals surface area (Å²) < 4.78 is 12.9. The van der Waals surface area contributed by atoms with Crippen molar-refractivity contribution in [1.82, 2.24) is 15.1 Å². The third-order valence-corrected chi connectivity index (χ3v) is 5.08. The summed E-state index contributed by atoms with van der Waals surface area (Å²) in [7, 11) is 1.89. The predicted molar refractivity (Wildman–Crippen MR) is 88.7 cm³/mol. The Morgan fingerprint density at radius 1 is 1.25 bits per heavy atom. The van der Waals surface area contributed by atoms with Crippen molar-refractivity contribution in [1.29, 1.82) is 0 Å². The van der Waals surface area contributed by atoms with Crippen LogP contribution in [0.15, 0.2) is 24.3 Å². The molecule has 3 rings (SSSR count). The number of nitrogens with zero attached hydrogens (tertiary/aromatic N) is 2. The van der Waals surface area contributed by atoms with Crippen molar-refractivity contribution >= 4 is 11.8 Å². The highest BCUT2D eigenvalue weighted by Gasteiger charge is 2.40. The Morgan fingerprint density at radius 2 is 1.92 bits per heavy atom. The third kappa shape index (κ3) is 3.93. The molecule has 1 N–H and O–H groups in total. The van der Waals surface area contributed by atoms with E-state index in [1.54, 1.807) is 12.1 Å². The summed E-state index contributed by atoms with van der Waals surface area (Å²) in [4.78, 5) is 27.7. The van der Waals surface area contributed by atoms with Gasteiger partial charge in [0.2, 0.25) is 11.8 Å². The minimum absolute atomic E-state index is 0.0755. The standard InChI is InChI=1S/C18H24FN3O2/c1-21(12-14-2-4-15(19)5-3-14)13-17(24)22-10-8-18(9-11-22)7-6-16(23)20-18/h2-5H,6-13H2,1H3,(H,20,23). The van der Waals surface area contributed by atoms with Crippen LogP contribution in [-0.2, 0) is 16.1 Å². The van der Waals surface area contributed by atoms with Crippen molar-refractivity contribution in [3.05, 3.63) is 35.6 Å². The van der Waals surface area contributed by atoms with Gasteiger partial charge in [-0.15, -0.1) is 0 Å². The first-order valence-electron chi connectivity index (χ1n) is 8.48. The van der Waals surface area contributed by atoms with E-state index in [2.05, 4.69) is 5.32 Å². The fourth-order valence-electron chi connectivity index (χ4n) is 3.62. The zero-order valence-corrected chi connectivity index (χ0v) is 14.1. The van der Waals surface area contributed by atoms with Gasteiger partial charge in [0.05, 0.1) is 6.54 Å².